The number of hydrogen-bond acceptors (Lipinski definition) is 2. The van der Waals surface area contributed by atoms with E-state index in [0.29, 0.717) is 17.6 Å². The van der Waals surface area contributed by atoms with Crippen LogP contribution in [-0.4, -0.2) is 16.3 Å². The van der Waals surface area contributed by atoms with E-state index in [-0.39, 0.29) is 11.5 Å². The highest BCUT2D eigenvalue weighted by Gasteiger charge is 2.54. The minimum atomic E-state index is -0.0883. The summed E-state index contributed by atoms with van der Waals surface area (Å²) >= 11 is 0. The number of aryl methyl sites for hydroxylation is 1. The van der Waals surface area contributed by atoms with Crippen molar-refractivity contribution in [2.45, 2.75) is 57.5 Å². The van der Waals surface area contributed by atoms with Gasteiger partial charge in [0.15, 0.2) is 0 Å². The molecule has 20 heavy (non-hydrogen) atoms. The van der Waals surface area contributed by atoms with Crippen LogP contribution in [0.3, 0.4) is 0 Å². The van der Waals surface area contributed by atoms with Gasteiger partial charge in [0.05, 0.1) is 6.10 Å². The maximum Gasteiger partial charge on any atom is 0.115 e. The molecule has 0 unspecified atom stereocenters. The third kappa shape index (κ3) is 1.60. The van der Waals surface area contributed by atoms with Gasteiger partial charge in [0.25, 0.3) is 0 Å². The van der Waals surface area contributed by atoms with Gasteiger partial charge in [-0.3, -0.25) is 0 Å². The smallest absolute Gasteiger partial charge is 0.115 e. The summed E-state index contributed by atoms with van der Waals surface area (Å²) in [6, 6.07) is 5.96. The van der Waals surface area contributed by atoms with E-state index in [1.54, 1.807) is 0 Å². The van der Waals surface area contributed by atoms with Gasteiger partial charge in [-0.15, -0.1) is 0 Å². The van der Waals surface area contributed by atoms with Gasteiger partial charge < -0.3 is 10.2 Å². The number of aliphatic hydroxyl groups excluding tert-OH is 1. The molecule has 0 aromatic heterocycles. The first-order valence-corrected chi connectivity index (χ1v) is 8.09. The number of benzene rings is 1. The van der Waals surface area contributed by atoms with Crippen LogP contribution < -0.4 is 0 Å². The van der Waals surface area contributed by atoms with Crippen molar-refractivity contribution < 1.29 is 10.2 Å². The second kappa shape index (κ2) is 4.24. The molecule has 0 heterocycles. The lowest BCUT2D eigenvalue weighted by molar-refractivity contribution is -0.0226. The van der Waals surface area contributed by atoms with Crippen molar-refractivity contribution in [2.75, 3.05) is 0 Å². The number of phenolic OH excluding ortho intramolecular Hbond substituents is 1. The number of phenols is 1. The van der Waals surface area contributed by atoms with E-state index >= 15 is 0 Å². The molecule has 2 fully saturated rings. The van der Waals surface area contributed by atoms with Crippen LogP contribution in [0.1, 0.15) is 56.1 Å². The summed E-state index contributed by atoms with van der Waals surface area (Å²) in [4.78, 5) is 0. The quantitative estimate of drug-likeness (QED) is 0.759. The van der Waals surface area contributed by atoms with Crippen LogP contribution in [0, 0.1) is 17.3 Å². The van der Waals surface area contributed by atoms with Crippen LogP contribution in [0.25, 0.3) is 0 Å². The van der Waals surface area contributed by atoms with Crippen LogP contribution in [0.4, 0.5) is 0 Å². The van der Waals surface area contributed by atoms with Crippen LogP contribution in [0.2, 0.25) is 0 Å². The van der Waals surface area contributed by atoms with Crippen molar-refractivity contribution in [2.24, 2.45) is 17.3 Å². The fourth-order valence-electron chi connectivity index (χ4n) is 5.54. The summed E-state index contributed by atoms with van der Waals surface area (Å²) in [7, 11) is 0. The molecule has 0 spiro atoms. The zero-order valence-corrected chi connectivity index (χ0v) is 12.2. The standard InChI is InChI=1S/C18H24O2/c1-18-9-8-14-13-5-3-12(19)10-11(13)2-4-15(14)16(18)6-7-17(18)20/h3,5,10,14-17,19-20H,2,4,6-9H2,1H3/t14-,15-,16+,17+,18+/m1/s1/i3+1,10+1,12+1. The first-order chi connectivity index (χ1) is 9.59. The highest BCUT2D eigenvalue weighted by molar-refractivity contribution is 5.40. The van der Waals surface area contributed by atoms with E-state index < -0.39 is 0 Å². The average molecular weight is 275 g/mol. The van der Waals surface area contributed by atoms with Gasteiger partial charge in [0, 0.05) is 0 Å². The Hall–Kier alpha value is -1.02. The number of fused-ring (bicyclic) bond motifs is 5. The van der Waals surface area contributed by atoms with E-state index in [1.165, 1.54) is 30.4 Å². The Morgan fingerprint density at radius 3 is 2.85 bits per heavy atom. The normalized spacial score (nSPS) is 42.7. The van der Waals surface area contributed by atoms with Crippen molar-refractivity contribution in [1.29, 1.82) is 0 Å². The van der Waals surface area contributed by atoms with Gasteiger partial charge in [0.2, 0.25) is 0 Å². The van der Waals surface area contributed by atoms with E-state index in [9.17, 15) is 10.2 Å². The third-order valence-corrected chi connectivity index (χ3v) is 6.66. The van der Waals surface area contributed by atoms with Crippen LogP contribution in [-0.2, 0) is 6.42 Å². The summed E-state index contributed by atoms with van der Waals surface area (Å²) in [6.45, 7) is 2.32. The Morgan fingerprint density at radius 1 is 1.15 bits per heavy atom. The van der Waals surface area contributed by atoms with Gasteiger partial charge >= 0.3 is 0 Å². The lowest BCUT2D eigenvalue weighted by atomic mass is 9.56. The van der Waals surface area contributed by atoms with E-state index in [2.05, 4.69) is 13.0 Å². The minimum absolute atomic E-state index is 0.0883. The van der Waals surface area contributed by atoms with Crippen LogP contribution in [0.5, 0.6) is 5.75 Å². The molecule has 5 atom stereocenters. The Balaban J connectivity index is 1.71. The van der Waals surface area contributed by atoms with Crippen molar-refractivity contribution >= 4 is 0 Å². The molecule has 108 valence electrons. The topological polar surface area (TPSA) is 40.5 Å². The number of rotatable bonds is 0. The molecule has 2 saturated carbocycles. The summed E-state index contributed by atoms with van der Waals surface area (Å²) in [5.41, 5.74) is 2.99. The molecule has 1 aromatic carbocycles. The maximum absolute atomic E-state index is 10.4. The molecule has 1 aromatic rings. The van der Waals surface area contributed by atoms with Crippen molar-refractivity contribution in [3.05, 3.63) is 29.3 Å². The van der Waals surface area contributed by atoms with Gasteiger partial charge in [-0.2, -0.15) is 0 Å². The van der Waals surface area contributed by atoms with Gasteiger partial charge in [0.1, 0.15) is 5.75 Å². The predicted molar refractivity (Wildman–Crippen MR) is 78.7 cm³/mol. The first-order valence-electron chi connectivity index (χ1n) is 8.09. The lowest BCUT2D eigenvalue weighted by Crippen LogP contribution is -2.43. The number of hydrogen-bond donors (Lipinski definition) is 2. The first kappa shape index (κ1) is 12.7. The SMILES string of the molecule is C[C@]12CC[C@@H]3c4c[13cH][13c](O)[13cH]c4CC[C@H]3[C@@H]1CC[C@@H]2O. The second-order valence-corrected chi connectivity index (χ2v) is 7.44. The summed E-state index contributed by atoms with van der Waals surface area (Å²) in [5, 5.41) is 20.0. The number of aromatic hydroxyl groups is 1. The molecule has 0 bridgehead atoms. The predicted octanol–water partition coefficient (Wildman–Crippen LogP) is 3.61. The van der Waals surface area contributed by atoms with Crippen LogP contribution >= 0.6 is 0 Å². The van der Waals surface area contributed by atoms with Crippen molar-refractivity contribution in [3.63, 3.8) is 0 Å². The van der Waals surface area contributed by atoms with Gasteiger partial charge in [-0.05, 0) is 85.0 Å². The maximum atomic E-state index is 10.4. The second-order valence-electron chi connectivity index (χ2n) is 7.44. The minimum Gasteiger partial charge on any atom is -0.508 e. The zero-order chi connectivity index (χ0) is 13.9. The number of aliphatic hydroxyl groups is 1. The molecule has 4 rings (SSSR count). The zero-order valence-electron chi connectivity index (χ0n) is 12.2. The van der Waals surface area contributed by atoms with E-state index in [1.807, 2.05) is 12.1 Å². The summed E-state index contributed by atoms with van der Waals surface area (Å²) < 4.78 is 0. The third-order valence-electron chi connectivity index (χ3n) is 6.66. The summed E-state index contributed by atoms with van der Waals surface area (Å²) in [6.07, 6.45) is 6.78. The molecule has 2 heteroatoms. The Kier molecular flexibility index (Phi) is 2.69. The van der Waals surface area contributed by atoms with Crippen molar-refractivity contribution in [3.8, 4) is 5.75 Å². The highest BCUT2D eigenvalue weighted by Crippen LogP contribution is 2.60. The Morgan fingerprint density at radius 2 is 2.00 bits per heavy atom. The molecule has 0 aliphatic heterocycles. The molecular weight excluding hydrogens is 251 g/mol. The molecule has 3 aliphatic rings. The largest absolute Gasteiger partial charge is 0.508 e. The summed E-state index contributed by atoms with van der Waals surface area (Å²) in [5.74, 6) is 2.49. The molecule has 0 saturated heterocycles. The van der Waals surface area contributed by atoms with Crippen LogP contribution in [0.15, 0.2) is 18.2 Å². The fraction of sp³-hybridized carbons (Fsp3) is 0.667. The fourth-order valence-corrected chi connectivity index (χ4v) is 5.54. The molecule has 0 amide bonds. The van der Waals surface area contributed by atoms with Gasteiger partial charge in [-0.1, -0.05) is 13.0 Å². The lowest BCUT2D eigenvalue weighted by Gasteiger charge is -2.50. The molecule has 3 aliphatic carbocycles. The molecule has 2 nitrogen and oxygen atoms in total. The van der Waals surface area contributed by atoms with Crippen molar-refractivity contribution in [1.82, 2.24) is 0 Å². The van der Waals surface area contributed by atoms with E-state index in [4.69, 9.17) is 0 Å². The highest BCUT2D eigenvalue weighted by atomic mass is 16.3. The average Bonchev–Trinajstić information content (AvgIpc) is 2.74. The van der Waals surface area contributed by atoms with Gasteiger partial charge in [-0.25, -0.2) is 0 Å². The molecule has 2 N–H and O–H groups in total. The monoisotopic (exact) mass is 275 g/mol. The Labute approximate surface area is 120 Å². The van der Waals surface area contributed by atoms with E-state index in [0.717, 1.165) is 25.2 Å². The molecular formula is C18H24O2. The Bertz CT molecular complexity index is 538. The molecule has 0 radical (unpaired) electrons.